The van der Waals surface area contributed by atoms with Gasteiger partial charge in [0.15, 0.2) is 0 Å². The number of carboxylic acid groups (broad SMARTS) is 1. The summed E-state index contributed by atoms with van der Waals surface area (Å²) in [5.74, 6) is -1.82. The minimum atomic E-state index is -1.22. The summed E-state index contributed by atoms with van der Waals surface area (Å²) in [4.78, 5) is 24.9. The van der Waals surface area contributed by atoms with Crippen molar-refractivity contribution in [2.45, 2.75) is 25.0 Å². The lowest BCUT2D eigenvalue weighted by molar-refractivity contribution is -0.0219. The molecule has 2 aliphatic rings. The number of morpholine rings is 1. The second-order valence-electron chi connectivity index (χ2n) is 5.29. The normalized spacial score (nSPS) is 24.0. The zero-order valence-corrected chi connectivity index (χ0v) is 11.2. The van der Waals surface area contributed by atoms with Crippen LogP contribution in [0.1, 0.15) is 23.2 Å². The van der Waals surface area contributed by atoms with Crippen molar-refractivity contribution in [2.24, 2.45) is 0 Å². The molecule has 2 amide bonds. The number of likely N-dealkylation sites (tertiary alicyclic amines) is 1. The number of fused-ring (bicyclic) bond motifs is 2. The van der Waals surface area contributed by atoms with E-state index in [0.29, 0.717) is 13.1 Å². The molecule has 2 atom stereocenters. The molecule has 1 aromatic carbocycles. The SMILES string of the molecule is O=C(O)c1ccc(F)cc1NC(=O)N1CC2CCC(C1)O2. The van der Waals surface area contributed by atoms with E-state index in [1.54, 1.807) is 4.90 Å². The summed E-state index contributed by atoms with van der Waals surface area (Å²) in [7, 11) is 0. The van der Waals surface area contributed by atoms with Crippen LogP contribution < -0.4 is 5.32 Å². The number of anilines is 1. The standard InChI is InChI=1S/C14H15FN2O4/c15-8-1-4-11(13(18)19)12(5-8)16-14(20)17-6-9-2-3-10(7-17)21-9/h1,4-5,9-10H,2-3,6-7H2,(H,16,20)(H,18,19). The summed E-state index contributed by atoms with van der Waals surface area (Å²) in [5, 5.41) is 11.5. The summed E-state index contributed by atoms with van der Waals surface area (Å²) in [5.41, 5.74) is -0.174. The maximum absolute atomic E-state index is 13.3. The number of rotatable bonds is 2. The molecule has 7 heteroatoms. The Morgan fingerprint density at radius 3 is 2.57 bits per heavy atom. The third kappa shape index (κ3) is 2.82. The molecule has 2 N–H and O–H groups in total. The number of aromatic carboxylic acids is 1. The first-order chi connectivity index (χ1) is 10.0. The number of carbonyl (C=O) groups is 2. The van der Waals surface area contributed by atoms with Crippen molar-refractivity contribution in [1.82, 2.24) is 4.90 Å². The Labute approximate surface area is 120 Å². The van der Waals surface area contributed by atoms with Gasteiger partial charge in [0.1, 0.15) is 5.82 Å². The van der Waals surface area contributed by atoms with Crippen LogP contribution in [-0.2, 0) is 4.74 Å². The molecular weight excluding hydrogens is 279 g/mol. The van der Waals surface area contributed by atoms with E-state index >= 15 is 0 Å². The maximum atomic E-state index is 13.3. The summed E-state index contributed by atoms with van der Waals surface area (Å²) >= 11 is 0. The average Bonchev–Trinajstić information content (AvgIpc) is 2.77. The highest BCUT2D eigenvalue weighted by molar-refractivity contribution is 6.00. The van der Waals surface area contributed by atoms with Gasteiger partial charge in [-0.2, -0.15) is 0 Å². The molecule has 2 aliphatic heterocycles. The number of carbonyl (C=O) groups excluding carboxylic acids is 1. The van der Waals surface area contributed by atoms with Gasteiger partial charge in [-0.3, -0.25) is 0 Å². The van der Waals surface area contributed by atoms with Crippen LogP contribution >= 0.6 is 0 Å². The molecule has 2 unspecified atom stereocenters. The Morgan fingerprint density at radius 1 is 1.29 bits per heavy atom. The van der Waals surface area contributed by atoms with Gasteiger partial charge in [-0.15, -0.1) is 0 Å². The highest BCUT2D eigenvalue weighted by atomic mass is 19.1. The second kappa shape index (κ2) is 5.33. The largest absolute Gasteiger partial charge is 0.478 e. The van der Waals surface area contributed by atoms with Gasteiger partial charge in [0.05, 0.1) is 23.5 Å². The van der Waals surface area contributed by atoms with E-state index in [1.807, 2.05) is 0 Å². The number of hydrogen-bond acceptors (Lipinski definition) is 3. The molecule has 2 heterocycles. The fourth-order valence-corrected chi connectivity index (χ4v) is 2.78. The third-order valence-corrected chi connectivity index (χ3v) is 3.78. The van der Waals surface area contributed by atoms with Crippen molar-refractivity contribution in [1.29, 1.82) is 0 Å². The number of urea groups is 1. The Bertz CT molecular complexity index is 580. The number of benzene rings is 1. The molecule has 112 valence electrons. The number of carboxylic acids is 1. The van der Waals surface area contributed by atoms with Crippen molar-refractivity contribution in [3.05, 3.63) is 29.6 Å². The van der Waals surface area contributed by atoms with Gasteiger partial charge in [0.25, 0.3) is 0 Å². The van der Waals surface area contributed by atoms with Crippen molar-refractivity contribution >= 4 is 17.7 Å². The van der Waals surface area contributed by atoms with Crippen LogP contribution in [0.4, 0.5) is 14.9 Å². The lowest BCUT2D eigenvalue weighted by Crippen LogP contribution is -2.47. The van der Waals surface area contributed by atoms with Crippen molar-refractivity contribution < 1.29 is 23.8 Å². The fraction of sp³-hybridized carbons (Fsp3) is 0.429. The minimum Gasteiger partial charge on any atom is -0.478 e. The monoisotopic (exact) mass is 294 g/mol. The van der Waals surface area contributed by atoms with E-state index in [0.717, 1.165) is 31.0 Å². The lowest BCUT2D eigenvalue weighted by atomic mass is 10.1. The van der Waals surface area contributed by atoms with Crippen LogP contribution in [0.2, 0.25) is 0 Å². The van der Waals surface area contributed by atoms with Gasteiger partial charge in [-0.25, -0.2) is 14.0 Å². The zero-order valence-electron chi connectivity index (χ0n) is 11.2. The number of nitrogens with one attached hydrogen (secondary N) is 1. The number of ether oxygens (including phenoxy) is 1. The summed E-state index contributed by atoms with van der Waals surface area (Å²) < 4.78 is 18.9. The van der Waals surface area contributed by atoms with Gasteiger partial charge >= 0.3 is 12.0 Å². The van der Waals surface area contributed by atoms with Crippen LogP contribution in [0.5, 0.6) is 0 Å². The number of halogens is 1. The number of amides is 2. The van der Waals surface area contributed by atoms with Crippen LogP contribution in [0.15, 0.2) is 18.2 Å². The Kier molecular flexibility index (Phi) is 3.50. The maximum Gasteiger partial charge on any atom is 0.337 e. The van der Waals surface area contributed by atoms with E-state index in [-0.39, 0.29) is 23.5 Å². The number of hydrogen-bond donors (Lipinski definition) is 2. The summed E-state index contributed by atoms with van der Waals surface area (Å²) in [6, 6.07) is 2.77. The molecule has 0 radical (unpaired) electrons. The van der Waals surface area contributed by atoms with Gasteiger partial charge < -0.3 is 20.1 Å². The van der Waals surface area contributed by atoms with E-state index in [4.69, 9.17) is 9.84 Å². The van der Waals surface area contributed by atoms with Crippen LogP contribution in [0.25, 0.3) is 0 Å². The zero-order chi connectivity index (χ0) is 15.0. The van der Waals surface area contributed by atoms with Crippen LogP contribution in [-0.4, -0.2) is 47.3 Å². The van der Waals surface area contributed by atoms with Crippen LogP contribution in [0.3, 0.4) is 0 Å². The smallest absolute Gasteiger partial charge is 0.337 e. The first-order valence-corrected chi connectivity index (χ1v) is 6.77. The molecular formula is C14H15FN2O4. The van der Waals surface area contributed by atoms with Gasteiger partial charge in [-0.05, 0) is 31.0 Å². The molecule has 6 nitrogen and oxygen atoms in total. The average molecular weight is 294 g/mol. The third-order valence-electron chi connectivity index (χ3n) is 3.78. The Hall–Kier alpha value is -2.15. The molecule has 2 bridgehead atoms. The predicted molar refractivity (Wildman–Crippen MR) is 71.8 cm³/mol. The van der Waals surface area contributed by atoms with Gasteiger partial charge in [-0.1, -0.05) is 0 Å². The predicted octanol–water partition coefficient (Wildman–Crippen LogP) is 1.92. The van der Waals surface area contributed by atoms with E-state index in [2.05, 4.69) is 5.32 Å². The molecule has 1 aromatic rings. The summed E-state index contributed by atoms with van der Waals surface area (Å²) in [6.07, 6.45) is 1.94. The van der Waals surface area contributed by atoms with Gasteiger partial charge in [0.2, 0.25) is 0 Å². The molecule has 0 saturated carbocycles. The highest BCUT2D eigenvalue weighted by Gasteiger charge is 2.35. The first kappa shape index (κ1) is 13.8. The molecule has 2 saturated heterocycles. The summed E-state index contributed by atoms with van der Waals surface area (Å²) in [6.45, 7) is 0.945. The van der Waals surface area contributed by atoms with Gasteiger partial charge in [0, 0.05) is 13.1 Å². The van der Waals surface area contributed by atoms with E-state index in [9.17, 15) is 14.0 Å². The fourth-order valence-electron chi connectivity index (χ4n) is 2.78. The topological polar surface area (TPSA) is 78.9 Å². The molecule has 21 heavy (non-hydrogen) atoms. The van der Waals surface area contributed by atoms with Crippen LogP contribution in [0, 0.1) is 5.82 Å². The van der Waals surface area contributed by atoms with Crippen molar-refractivity contribution in [3.63, 3.8) is 0 Å². The van der Waals surface area contributed by atoms with Crippen molar-refractivity contribution in [3.8, 4) is 0 Å². The first-order valence-electron chi connectivity index (χ1n) is 6.77. The van der Waals surface area contributed by atoms with E-state index < -0.39 is 17.8 Å². The quantitative estimate of drug-likeness (QED) is 0.873. The Balaban J connectivity index is 1.75. The second-order valence-corrected chi connectivity index (χ2v) is 5.29. The lowest BCUT2D eigenvalue weighted by Gasteiger charge is -2.32. The molecule has 0 aliphatic carbocycles. The molecule has 3 rings (SSSR count). The molecule has 2 fully saturated rings. The molecule has 0 spiro atoms. The van der Waals surface area contributed by atoms with E-state index in [1.165, 1.54) is 0 Å². The number of nitrogens with zero attached hydrogens (tertiary/aromatic N) is 1. The van der Waals surface area contributed by atoms with Crippen molar-refractivity contribution in [2.75, 3.05) is 18.4 Å². The molecule has 0 aromatic heterocycles. The minimum absolute atomic E-state index is 0.0358. The highest BCUT2D eigenvalue weighted by Crippen LogP contribution is 2.27. The Morgan fingerprint density at radius 2 is 1.95 bits per heavy atom.